The van der Waals surface area contributed by atoms with Crippen LogP contribution in [0.15, 0.2) is 54.6 Å². The fourth-order valence-corrected chi connectivity index (χ4v) is 2.99. The van der Waals surface area contributed by atoms with Gasteiger partial charge in [0.05, 0.1) is 31.8 Å². The SMILES string of the molecule is Nc1c(-c2cc([N+](=O)[O-])cc([N+](=O)[O-])c2)cccc1-c1cc([N+](=O)[O-])cc([N+](=O)[O-])c1. The van der Waals surface area contributed by atoms with E-state index in [1.54, 1.807) is 0 Å². The van der Waals surface area contributed by atoms with Gasteiger partial charge in [-0.2, -0.15) is 0 Å². The second kappa shape index (κ2) is 7.82. The molecule has 0 spiro atoms. The number of non-ortho nitro benzene ring substituents is 4. The third-order valence-electron chi connectivity index (χ3n) is 4.38. The Balaban J connectivity index is 2.25. The minimum Gasteiger partial charge on any atom is -0.398 e. The van der Waals surface area contributed by atoms with Gasteiger partial charge in [0.2, 0.25) is 0 Å². The molecule has 3 aromatic carbocycles. The lowest BCUT2D eigenvalue weighted by molar-refractivity contribution is -0.394. The van der Waals surface area contributed by atoms with E-state index in [4.69, 9.17) is 5.73 Å². The van der Waals surface area contributed by atoms with Crippen molar-refractivity contribution in [2.45, 2.75) is 0 Å². The van der Waals surface area contributed by atoms with Crippen LogP contribution in [0, 0.1) is 40.5 Å². The monoisotopic (exact) mass is 425 g/mol. The van der Waals surface area contributed by atoms with Crippen molar-refractivity contribution in [2.24, 2.45) is 0 Å². The van der Waals surface area contributed by atoms with Crippen LogP contribution in [0.2, 0.25) is 0 Å². The second-order valence-electron chi connectivity index (χ2n) is 6.27. The number of para-hydroxylation sites is 1. The average Bonchev–Trinajstić information content (AvgIpc) is 2.73. The number of hydrogen-bond donors (Lipinski definition) is 1. The summed E-state index contributed by atoms with van der Waals surface area (Å²) in [5.74, 6) is 0. The lowest BCUT2D eigenvalue weighted by Gasteiger charge is -2.12. The molecule has 0 amide bonds. The summed E-state index contributed by atoms with van der Waals surface area (Å²) >= 11 is 0. The van der Waals surface area contributed by atoms with Crippen molar-refractivity contribution in [1.82, 2.24) is 0 Å². The lowest BCUT2D eigenvalue weighted by Crippen LogP contribution is -1.98. The maximum absolute atomic E-state index is 11.2. The molecule has 0 saturated heterocycles. The average molecular weight is 425 g/mol. The van der Waals surface area contributed by atoms with Gasteiger partial charge in [-0.3, -0.25) is 40.5 Å². The number of benzene rings is 3. The molecule has 0 heterocycles. The highest BCUT2D eigenvalue weighted by Gasteiger charge is 2.21. The molecule has 156 valence electrons. The Kier molecular flexibility index (Phi) is 5.25. The molecule has 0 aliphatic rings. The van der Waals surface area contributed by atoms with Crippen LogP contribution >= 0.6 is 0 Å². The molecule has 0 saturated carbocycles. The van der Waals surface area contributed by atoms with Gasteiger partial charge in [-0.1, -0.05) is 18.2 Å². The van der Waals surface area contributed by atoms with Crippen LogP contribution < -0.4 is 5.73 Å². The molecular formula is C18H11N5O8. The minimum absolute atomic E-state index is 0.0212. The van der Waals surface area contributed by atoms with Crippen LogP contribution in [0.25, 0.3) is 22.3 Å². The first-order chi connectivity index (χ1) is 14.6. The Morgan fingerprint density at radius 1 is 0.548 bits per heavy atom. The first-order valence-corrected chi connectivity index (χ1v) is 8.35. The largest absolute Gasteiger partial charge is 0.398 e. The molecule has 0 aliphatic heterocycles. The van der Waals surface area contributed by atoms with E-state index in [-0.39, 0.29) is 27.9 Å². The van der Waals surface area contributed by atoms with Gasteiger partial charge in [0.25, 0.3) is 22.7 Å². The number of nitrogens with zero attached hydrogens (tertiary/aromatic N) is 4. The van der Waals surface area contributed by atoms with E-state index in [9.17, 15) is 40.5 Å². The van der Waals surface area contributed by atoms with Gasteiger partial charge in [0.15, 0.2) is 0 Å². The Morgan fingerprint density at radius 2 is 0.839 bits per heavy atom. The predicted octanol–water partition coefficient (Wildman–Crippen LogP) is 4.24. The van der Waals surface area contributed by atoms with Crippen molar-refractivity contribution >= 4 is 28.4 Å². The zero-order valence-electron chi connectivity index (χ0n) is 15.3. The summed E-state index contributed by atoms with van der Waals surface area (Å²) in [5, 5.41) is 44.6. The highest BCUT2D eigenvalue weighted by molar-refractivity contribution is 5.90. The highest BCUT2D eigenvalue weighted by Crippen LogP contribution is 2.39. The fraction of sp³-hybridized carbons (Fsp3) is 0. The number of nitrogens with two attached hydrogens (primary N) is 1. The first-order valence-electron chi connectivity index (χ1n) is 8.35. The third kappa shape index (κ3) is 4.09. The molecular weight excluding hydrogens is 414 g/mol. The molecule has 13 heteroatoms. The van der Waals surface area contributed by atoms with E-state index in [0.29, 0.717) is 0 Å². The highest BCUT2D eigenvalue weighted by atomic mass is 16.6. The third-order valence-corrected chi connectivity index (χ3v) is 4.38. The Labute approximate surface area is 171 Å². The van der Waals surface area contributed by atoms with Gasteiger partial charge >= 0.3 is 0 Å². The minimum atomic E-state index is -0.791. The summed E-state index contributed by atoms with van der Waals surface area (Å²) in [4.78, 5) is 41.5. The van der Waals surface area contributed by atoms with Crippen LogP contribution in [0.5, 0.6) is 0 Å². The summed E-state index contributed by atoms with van der Waals surface area (Å²) in [6.07, 6.45) is 0. The van der Waals surface area contributed by atoms with Crippen molar-refractivity contribution in [1.29, 1.82) is 0 Å². The normalized spacial score (nSPS) is 10.5. The molecule has 3 rings (SSSR count). The number of rotatable bonds is 6. The molecule has 0 aliphatic carbocycles. The Hall–Kier alpha value is -4.94. The van der Waals surface area contributed by atoms with Gasteiger partial charge in [-0.15, -0.1) is 0 Å². The van der Waals surface area contributed by atoms with Crippen molar-refractivity contribution in [3.8, 4) is 22.3 Å². The summed E-state index contributed by atoms with van der Waals surface area (Å²) in [5.41, 5.74) is 4.54. The van der Waals surface area contributed by atoms with Crippen LogP contribution in [0.4, 0.5) is 28.4 Å². The van der Waals surface area contributed by atoms with E-state index in [0.717, 1.165) is 36.4 Å². The lowest BCUT2D eigenvalue weighted by atomic mass is 9.95. The fourth-order valence-electron chi connectivity index (χ4n) is 2.99. The molecule has 0 bridgehead atoms. The van der Waals surface area contributed by atoms with Crippen molar-refractivity contribution in [3.05, 3.63) is 95.1 Å². The van der Waals surface area contributed by atoms with Gasteiger partial charge in [-0.25, -0.2) is 0 Å². The van der Waals surface area contributed by atoms with Crippen LogP contribution in [0.1, 0.15) is 0 Å². The van der Waals surface area contributed by atoms with Gasteiger partial charge < -0.3 is 5.73 Å². The smallest absolute Gasteiger partial charge is 0.276 e. The number of nitrogen functional groups attached to an aromatic ring is 1. The van der Waals surface area contributed by atoms with E-state index >= 15 is 0 Å². The Morgan fingerprint density at radius 3 is 1.10 bits per heavy atom. The van der Waals surface area contributed by atoms with Crippen LogP contribution in [0.3, 0.4) is 0 Å². The number of hydrogen-bond acceptors (Lipinski definition) is 9. The zero-order valence-corrected chi connectivity index (χ0v) is 15.3. The summed E-state index contributed by atoms with van der Waals surface area (Å²) in [6, 6.07) is 10.4. The summed E-state index contributed by atoms with van der Waals surface area (Å²) in [6.45, 7) is 0. The molecule has 0 unspecified atom stereocenters. The predicted molar refractivity (Wildman–Crippen MR) is 108 cm³/mol. The standard InChI is InChI=1S/C18H11N5O8/c19-18-16(10-4-12(20(24)25)8-13(5-10)21(26)27)2-1-3-17(18)11-6-14(22(28)29)9-15(7-11)23(30)31/h1-9H,19H2. The topological polar surface area (TPSA) is 199 Å². The molecule has 31 heavy (non-hydrogen) atoms. The Bertz CT molecular complexity index is 1120. The molecule has 0 atom stereocenters. The first kappa shape index (κ1) is 20.8. The van der Waals surface area contributed by atoms with Gasteiger partial charge in [0, 0.05) is 41.1 Å². The van der Waals surface area contributed by atoms with E-state index < -0.39 is 42.4 Å². The van der Waals surface area contributed by atoms with Gasteiger partial charge in [-0.05, 0) is 11.1 Å². The summed E-state index contributed by atoms with van der Waals surface area (Å²) in [7, 11) is 0. The molecule has 0 fully saturated rings. The van der Waals surface area contributed by atoms with Crippen molar-refractivity contribution < 1.29 is 19.7 Å². The maximum atomic E-state index is 11.2. The van der Waals surface area contributed by atoms with E-state index in [1.807, 2.05) is 0 Å². The number of anilines is 1. The number of nitro groups is 4. The van der Waals surface area contributed by atoms with Crippen LogP contribution in [-0.4, -0.2) is 19.7 Å². The molecule has 13 nitrogen and oxygen atoms in total. The second-order valence-corrected chi connectivity index (χ2v) is 6.27. The van der Waals surface area contributed by atoms with Crippen molar-refractivity contribution in [3.63, 3.8) is 0 Å². The molecule has 0 radical (unpaired) electrons. The number of nitro benzene ring substituents is 4. The van der Waals surface area contributed by atoms with E-state index in [1.165, 1.54) is 18.2 Å². The molecule has 2 N–H and O–H groups in total. The maximum Gasteiger partial charge on any atom is 0.276 e. The van der Waals surface area contributed by atoms with Gasteiger partial charge in [0.1, 0.15) is 0 Å². The quantitative estimate of drug-likeness (QED) is 0.341. The van der Waals surface area contributed by atoms with Crippen LogP contribution in [-0.2, 0) is 0 Å². The zero-order chi connectivity index (χ0) is 22.9. The summed E-state index contributed by atoms with van der Waals surface area (Å²) < 4.78 is 0. The molecule has 3 aromatic rings. The van der Waals surface area contributed by atoms with E-state index in [2.05, 4.69) is 0 Å². The van der Waals surface area contributed by atoms with Crippen molar-refractivity contribution in [2.75, 3.05) is 5.73 Å². The molecule has 0 aromatic heterocycles.